The highest BCUT2D eigenvalue weighted by Crippen LogP contribution is 2.40. The summed E-state index contributed by atoms with van der Waals surface area (Å²) in [7, 11) is 4.32. The molecule has 1 saturated heterocycles. The molecular formula is C26H35N3O. The first-order valence-corrected chi connectivity index (χ1v) is 11.4. The second kappa shape index (κ2) is 8.91. The van der Waals surface area contributed by atoms with Crippen LogP contribution in [0.25, 0.3) is 0 Å². The molecular weight excluding hydrogens is 370 g/mol. The number of likely N-dealkylation sites (tertiary alicyclic amines) is 1. The summed E-state index contributed by atoms with van der Waals surface area (Å²) in [5.41, 5.74) is 10.3. The van der Waals surface area contributed by atoms with Gasteiger partial charge in [0.05, 0.1) is 5.92 Å². The van der Waals surface area contributed by atoms with Gasteiger partial charge < -0.3 is 10.6 Å². The van der Waals surface area contributed by atoms with Crippen LogP contribution in [0, 0.1) is 5.92 Å². The molecule has 0 bridgehead atoms. The number of nitrogens with zero attached hydrogens (tertiary/aromatic N) is 2. The molecule has 4 nitrogen and oxygen atoms in total. The summed E-state index contributed by atoms with van der Waals surface area (Å²) < 4.78 is 0. The number of fused-ring (bicyclic) bond motifs is 1. The van der Waals surface area contributed by atoms with Gasteiger partial charge in [0.15, 0.2) is 0 Å². The number of carbonyl (C=O) groups excluding carboxylic acids is 1. The van der Waals surface area contributed by atoms with Crippen molar-refractivity contribution in [3.63, 3.8) is 0 Å². The zero-order valence-corrected chi connectivity index (χ0v) is 18.4. The Labute approximate surface area is 181 Å². The van der Waals surface area contributed by atoms with Gasteiger partial charge in [-0.2, -0.15) is 0 Å². The van der Waals surface area contributed by atoms with Crippen LogP contribution in [-0.2, 0) is 16.8 Å². The molecule has 2 aromatic rings. The van der Waals surface area contributed by atoms with Crippen molar-refractivity contribution < 1.29 is 4.79 Å². The summed E-state index contributed by atoms with van der Waals surface area (Å²) in [5.74, 6) is 0.386. The summed E-state index contributed by atoms with van der Waals surface area (Å²) in [5, 5.41) is 0. The molecule has 2 N–H and O–H groups in total. The third-order valence-corrected chi connectivity index (χ3v) is 7.54. The van der Waals surface area contributed by atoms with Gasteiger partial charge in [-0.05, 0) is 68.8 Å². The average molecular weight is 406 g/mol. The highest BCUT2D eigenvalue weighted by atomic mass is 16.2. The fourth-order valence-electron chi connectivity index (χ4n) is 5.72. The first-order chi connectivity index (χ1) is 14.6. The maximum atomic E-state index is 13.6. The van der Waals surface area contributed by atoms with E-state index in [0.717, 1.165) is 45.2 Å². The molecule has 1 heterocycles. The molecule has 0 spiro atoms. The number of carbonyl (C=O) groups is 1. The lowest BCUT2D eigenvalue weighted by atomic mass is 9.74. The lowest BCUT2D eigenvalue weighted by Crippen LogP contribution is -2.53. The van der Waals surface area contributed by atoms with E-state index in [1.807, 2.05) is 0 Å². The number of aryl methyl sites for hydroxylation is 1. The third-order valence-electron chi connectivity index (χ3n) is 7.54. The Balaban J connectivity index is 1.51. The van der Waals surface area contributed by atoms with E-state index in [4.69, 9.17) is 5.73 Å². The standard InChI is InChI=1S/C26H35N3O/c1-28(2)26(21-11-4-3-5-12-21)15-17-29(18-16-26)25(30)24(19-27)23-14-8-10-20-9-6-7-13-22(20)23/h3-7,9,11-13,23-24H,8,10,14-19,27H2,1-2H3/t23-,24-/m0/s1. The van der Waals surface area contributed by atoms with Crippen LogP contribution in [-0.4, -0.2) is 49.4 Å². The van der Waals surface area contributed by atoms with Crippen molar-refractivity contribution in [1.82, 2.24) is 9.80 Å². The summed E-state index contributed by atoms with van der Waals surface area (Å²) >= 11 is 0. The second-order valence-electron chi connectivity index (χ2n) is 9.16. The number of benzene rings is 2. The summed E-state index contributed by atoms with van der Waals surface area (Å²) in [6.07, 6.45) is 5.22. The van der Waals surface area contributed by atoms with Crippen LogP contribution in [0.4, 0.5) is 0 Å². The van der Waals surface area contributed by atoms with E-state index in [2.05, 4.69) is 78.5 Å². The fourth-order valence-corrected chi connectivity index (χ4v) is 5.72. The van der Waals surface area contributed by atoms with Crippen molar-refractivity contribution in [3.05, 3.63) is 71.3 Å². The molecule has 4 heteroatoms. The van der Waals surface area contributed by atoms with Gasteiger partial charge in [-0.3, -0.25) is 9.69 Å². The van der Waals surface area contributed by atoms with Gasteiger partial charge in [-0.15, -0.1) is 0 Å². The van der Waals surface area contributed by atoms with E-state index in [1.165, 1.54) is 16.7 Å². The highest BCUT2D eigenvalue weighted by molar-refractivity contribution is 5.80. The summed E-state index contributed by atoms with van der Waals surface area (Å²) in [6, 6.07) is 19.4. The van der Waals surface area contributed by atoms with Gasteiger partial charge in [0, 0.05) is 25.2 Å². The quantitative estimate of drug-likeness (QED) is 0.824. The Bertz CT molecular complexity index is 856. The molecule has 1 aliphatic carbocycles. The third kappa shape index (κ3) is 3.79. The number of hydrogen-bond donors (Lipinski definition) is 1. The monoisotopic (exact) mass is 405 g/mol. The molecule has 4 rings (SSSR count). The normalized spacial score (nSPS) is 21.9. The van der Waals surface area contributed by atoms with E-state index in [9.17, 15) is 4.79 Å². The van der Waals surface area contributed by atoms with Crippen LogP contribution in [0.5, 0.6) is 0 Å². The highest BCUT2D eigenvalue weighted by Gasteiger charge is 2.41. The van der Waals surface area contributed by atoms with E-state index in [-0.39, 0.29) is 23.3 Å². The lowest BCUT2D eigenvalue weighted by Gasteiger charge is -2.47. The van der Waals surface area contributed by atoms with Gasteiger partial charge >= 0.3 is 0 Å². The smallest absolute Gasteiger partial charge is 0.227 e. The molecule has 0 saturated carbocycles. The van der Waals surface area contributed by atoms with Gasteiger partial charge in [-0.25, -0.2) is 0 Å². The topological polar surface area (TPSA) is 49.6 Å². The van der Waals surface area contributed by atoms with Crippen LogP contribution in [0.2, 0.25) is 0 Å². The van der Waals surface area contributed by atoms with Gasteiger partial charge in [0.25, 0.3) is 0 Å². The molecule has 2 aliphatic rings. The van der Waals surface area contributed by atoms with Gasteiger partial charge in [0.1, 0.15) is 0 Å². The zero-order chi connectivity index (χ0) is 21.1. The number of nitrogens with two attached hydrogens (primary N) is 1. The van der Waals surface area contributed by atoms with E-state index >= 15 is 0 Å². The van der Waals surface area contributed by atoms with Crippen molar-refractivity contribution in [1.29, 1.82) is 0 Å². The first-order valence-electron chi connectivity index (χ1n) is 11.4. The Kier molecular flexibility index (Phi) is 6.26. The SMILES string of the molecule is CN(C)C1(c2ccccc2)CCN(C(=O)[C@@H](CN)[C@H]2CCCc3ccccc32)CC1. The van der Waals surface area contributed by atoms with Crippen LogP contribution in [0.15, 0.2) is 54.6 Å². The van der Waals surface area contributed by atoms with E-state index < -0.39 is 0 Å². The Morgan fingerprint density at radius 3 is 2.43 bits per heavy atom. The maximum absolute atomic E-state index is 13.6. The van der Waals surface area contributed by atoms with Crippen molar-refractivity contribution in [2.45, 2.75) is 43.6 Å². The minimum absolute atomic E-state index is 0.00626. The van der Waals surface area contributed by atoms with Crippen LogP contribution in [0.3, 0.4) is 0 Å². The van der Waals surface area contributed by atoms with Crippen LogP contribution in [0.1, 0.15) is 48.3 Å². The number of hydrogen-bond acceptors (Lipinski definition) is 3. The molecule has 0 aromatic heterocycles. The molecule has 1 aliphatic heterocycles. The average Bonchev–Trinajstić information content (AvgIpc) is 2.80. The Hall–Kier alpha value is -2.17. The van der Waals surface area contributed by atoms with Crippen molar-refractivity contribution in [3.8, 4) is 0 Å². The predicted octanol–water partition coefficient (Wildman–Crippen LogP) is 3.76. The summed E-state index contributed by atoms with van der Waals surface area (Å²) in [4.78, 5) is 18.0. The molecule has 2 aromatic carbocycles. The second-order valence-corrected chi connectivity index (χ2v) is 9.16. The van der Waals surface area contributed by atoms with Crippen molar-refractivity contribution >= 4 is 5.91 Å². The first kappa shape index (κ1) is 21.1. The number of piperidine rings is 1. The Morgan fingerprint density at radius 2 is 1.77 bits per heavy atom. The van der Waals surface area contributed by atoms with Crippen molar-refractivity contribution in [2.75, 3.05) is 33.7 Å². The van der Waals surface area contributed by atoms with Crippen molar-refractivity contribution in [2.24, 2.45) is 11.7 Å². The van der Waals surface area contributed by atoms with Gasteiger partial charge in [0.2, 0.25) is 5.91 Å². The summed E-state index contributed by atoms with van der Waals surface area (Å²) in [6.45, 7) is 2.00. The largest absolute Gasteiger partial charge is 0.342 e. The zero-order valence-electron chi connectivity index (χ0n) is 18.4. The molecule has 0 radical (unpaired) electrons. The molecule has 1 fully saturated rings. The van der Waals surface area contributed by atoms with Crippen LogP contribution >= 0.6 is 0 Å². The maximum Gasteiger partial charge on any atom is 0.227 e. The van der Waals surface area contributed by atoms with Crippen LogP contribution < -0.4 is 5.73 Å². The predicted molar refractivity (Wildman–Crippen MR) is 122 cm³/mol. The Morgan fingerprint density at radius 1 is 1.10 bits per heavy atom. The molecule has 160 valence electrons. The number of amides is 1. The lowest BCUT2D eigenvalue weighted by molar-refractivity contribution is -0.139. The fraction of sp³-hybridized carbons (Fsp3) is 0.500. The van der Waals surface area contributed by atoms with E-state index in [1.54, 1.807) is 0 Å². The molecule has 0 unspecified atom stereocenters. The minimum Gasteiger partial charge on any atom is -0.342 e. The number of rotatable bonds is 5. The van der Waals surface area contributed by atoms with E-state index in [0.29, 0.717) is 6.54 Å². The molecule has 2 atom stereocenters. The van der Waals surface area contributed by atoms with Gasteiger partial charge in [-0.1, -0.05) is 54.6 Å². The minimum atomic E-state index is -0.116. The molecule has 1 amide bonds. The molecule has 30 heavy (non-hydrogen) atoms.